The van der Waals surface area contributed by atoms with Crippen molar-refractivity contribution < 1.29 is 34.3 Å². The number of nitrogens with zero attached hydrogens (tertiary/aromatic N) is 2. The quantitative estimate of drug-likeness (QED) is 0.405. The van der Waals surface area contributed by atoms with Gasteiger partial charge in [-0.15, -0.1) is 0 Å². The summed E-state index contributed by atoms with van der Waals surface area (Å²) < 4.78 is 16.8. The third-order valence-electron chi connectivity index (χ3n) is 8.25. The first kappa shape index (κ1) is 27.9. The summed E-state index contributed by atoms with van der Waals surface area (Å²) >= 11 is 3.33. The summed E-state index contributed by atoms with van der Waals surface area (Å²) in [4.78, 5) is 20.3. The van der Waals surface area contributed by atoms with Crippen LogP contribution in [0.1, 0.15) is 59.3 Å². The van der Waals surface area contributed by atoms with Gasteiger partial charge < -0.3 is 29.5 Å². The van der Waals surface area contributed by atoms with Crippen LogP contribution in [0, 0.1) is 23.7 Å². The van der Waals surface area contributed by atoms with E-state index in [0.29, 0.717) is 18.4 Å². The van der Waals surface area contributed by atoms with E-state index in [0.717, 1.165) is 29.7 Å². The number of rotatable bonds is 7. The molecule has 4 aliphatic heterocycles. The van der Waals surface area contributed by atoms with Crippen LogP contribution in [0.4, 0.5) is 0 Å². The van der Waals surface area contributed by atoms with E-state index in [9.17, 15) is 15.0 Å². The minimum Gasteiger partial charge on any atom is -0.463 e. The van der Waals surface area contributed by atoms with E-state index in [2.05, 4.69) is 18.8 Å². The Kier molecular flexibility index (Phi) is 8.90. The van der Waals surface area contributed by atoms with Crippen molar-refractivity contribution in [3.63, 3.8) is 0 Å². The molecule has 3 N–H and O–H groups in total. The topological polar surface area (TPSA) is 130 Å². The third-order valence-corrected chi connectivity index (χ3v) is 10.6. The van der Waals surface area contributed by atoms with Crippen molar-refractivity contribution in [3.05, 3.63) is 0 Å². The third kappa shape index (κ3) is 6.73. The fraction of sp³-hybridized carbons (Fsp3) is 0.885. The van der Waals surface area contributed by atoms with Crippen molar-refractivity contribution >= 4 is 39.6 Å². The van der Waals surface area contributed by atoms with Gasteiger partial charge in [-0.25, -0.2) is 0 Å². The van der Waals surface area contributed by atoms with Gasteiger partial charge in [0.2, 0.25) is 0 Å². The molecule has 9 nitrogen and oxygen atoms in total. The van der Waals surface area contributed by atoms with E-state index in [1.165, 1.54) is 49.4 Å². The summed E-state index contributed by atoms with van der Waals surface area (Å²) in [6.45, 7) is 5.95. The van der Waals surface area contributed by atoms with Crippen LogP contribution in [0.2, 0.25) is 0 Å². The van der Waals surface area contributed by atoms with E-state index in [-0.39, 0.29) is 41.6 Å². The lowest BCUT2D eigenvalue weighted by atomic mass is 9.83. The first-order valence-electron chi connectivity index (χ1n) is 13.6. The summed E-state index contributed by atoms with van der Waals surface area (Å²) in [6, 6.07) is -0.108. The summed E-state index contributed by atoms with van der Waals surface area (Å²) in [6.07, 6.45) is 4.66. The van der Waals surface area contributed by atoms with Gasteiger partial charge in [-0.1, -0.05) is 37.4 Å². The van der Waals surface area contributed by atoms with E-state index in [1.54, 1.807) is 11.8 Å². The molecule has 2 saturated heterocycles. The number of carbonyl (C=O) groups excluding carboxylic acids is 1. The lowest BCUT2D eigenvalue weighted by Crippen LogP contribution is -2.55. The van der Waals surface area contributed by atoms with Crippen molar-refractivity contribution in [2.24, 2.45) is 33.7 Å². The summed E-state index contributed by atoms with van der Waals surface area (Å²) in [5.74, 6) is 2.21. The van der Waals surface area contributed by atoms with Crippen LogP contribution in [-0.2, 0) is 19.0 Å². The Morgan fingerprint density at radius 1 is 0.892 bits per heavy atom. The number of thioether (sulfide) groups is 2. The predicted octanol–water partition coefficient (Wildman–Crippen LogP) is 2.60. The molecule has 2 aliphatic carbocycles. The monoisotopic (exact) mass is 556 g/mol. The highest BCUT2D eigenvalue weighted by Crippen LogP contribution is 2.45. The van der Waals surface area contributed by atoms with E-state index >= 15 is 0 Å². The van der Waals surface area contributed by atoms with E-state index < -0.39 is 18.3 Å². The molecule has 11 heteroatoms. The van der Waals surface area contributed by atoms with Crippen molar-refractivity contribution in [1.82, 2.24) is 0 Å². The molecule has 2 saturated carbocycles. The first-order valence-corrected chi connectivity index (χ1v) is 15.4. The average Bonchev–Trinajstić information content (AvgIpc) is 3.78. The average molecular weight is 557 g/mol. The molecule has 6 rings (SSSR count). The maximum Gasteiger partial charge on any atom is 0.302 e. The smallest absolute Gasteiger partial charge is 0.302 e. The molecular weight excluding hydrogens is 516 g/mol. The van der Waals surface area contributed by atoms with Crippen LogP contribution in [0.25, 0.3) is 0 Å². The number of hydrogen-bond donors (Lipinski definition) is 3. The number of hydrogen-bond acceptors (Lipinski definition) is 11. The Morgan fingerprint density at radius 2 is 1.43 bits per heavy atom. The van der Waals surface area contributed by atoms with Crippen LogP contribution >= 0.6 is 23.5 Å². The number of fused-ring (bicyclic) bond motifs is 2. The Balaban J connectivity index is 0.000000153. The van der Waals surface area contributed by atoms with Crippen molar-refractivity contribution in [1.29, 1.82) is 0 Å². The second kappa shape index (κ2) is 11.8. The molecule has 0 unspecified atom stereocenters. The molecule has 0 aromatic carbocycles. The van der Waals surface area contributed by atoms with Gasteiger partial charge in [0.25, 0.3) is 0 Å². The number of ether oxygens (including phenoxy) is 3. The van der Waals surface area contributed by atoms with E-state index in [4.69, 9.17) is 24.3 Å². The lowest BCUT2D eigenvalue weighted by molar-refractivity contribution is -0.164. The zero-order chi connectivity index (χ0) is 26.3. The fourth-order valence-corrected chi connectivity index (χ4v) is 8.01. The molecule has 0 radical (unpaired) electrons. The highest BCUT2D eigenvalue weighted by Gasteiger charge is 2.48. The highest BCUT2D eigenvalue weighted by molar-refractivity contribution is 8.14. The fourth-order valence-electron chi connectivity index (χ4n) is 5.24. The minimum absolute atomic E-state index is 0.00174. The van der Waals surface area contributed by atoms with Gasteiger partial charge in [0.15, 0.2) is 0 Å². The summed E-state index contributed by atoms with van der Waals surface area (Å²) in [5.41, 5.74) is -0.130. The number of aliphatic hydroxyl groups is 3. The molecule has 0 bridgehead atoms. The van der Waals surface area contributed by atoms with Crippen molar-refractivity contribution in [2.45, 2.75) is 107 Å². The lowest BCUT2D eigenvalue weighted by Gasteiger charge is -2.40. The molecule has 0 spiro atoms. The molecule has 0 aromatic rings. The van der Waals surface area contributed by atoms with Crippen LogP contribution in [0.3, 0.4) is 0 Å². The summed E-state index contributed by atoms with van der Waals surface area (Å²) in [7, 11) is 0. The van der Waals surface area contributed by atoms with Gasteiger partial charge >= 0.3 is 5.97 Å². The van der Waals surface area contributed by atoms with Gasteiger partial charge in [0.1, 0.15) is 41.8 Å². The van der Waals surface area contributed by atoms with Crippen LogP contribution in [0.15, 0.2) is 9.98 Å². The molecule has 4 fully saturated rings. The molecule has 0 amide bonds. The van der Waals surface area contributed by atoms with Crippen LogP contribution in [0.5, 0.6) is 0 Å². The minimum atomic E-state index is -1.05. The Hall–Kier alpha value is -0.690. The van der Waals surface area contributed by atoms with E-state index in [1.807, 2.05) is 0 Å². The second-order valence-electron chi connectivity index (χ2n) is 11.3. The molecule has 6 aliphatic rings. The SMILES string of the molecule is CC(=O)OC[C@H]1O[C@@H]2SC(CC3CC3)=N[C@@H]2[C@@H](C)[C@@H]1C.OC[C@H]1O[C@@H]2SC(CC3CC3)=N[C@@H]2[C@@H](O)[C@@H]1O. The normalized spacial score (nSPS) is 42.6. The predicted molar refractivity (Wildman–Crippen MR) is 144 cm³/mol. The first-order chi connectivity index (χ1) is 17.7. The number of aliphatic imine (C=N–C) groups is 2. The van der Waals surface area contributed by atoms with Gasteiger partial charge in [0, 0.05) is 6.92 Å². The zero-order valence-electron chi connectivity index (χ0n) is 21.8. The molecular formula is C26H40N2O7S2. The van der Waals surface area contributed by atoms with Gasteiger partial charge in [-0.2, -0.15) is 0 Å². The Labute approximate surface area is 227 Å². The van der Waals surface area contributed by atoms with Gasteiger partial charge in [-0.05, 0) is 62.2 Å². The standard InChI is InChI=1S/C15H23NO3S.C11H17NO4S/c1-8-9(2)14-15(19-12(8)7-18-10(3)17)20-13(16-14)6-11-4-5-11;13-4-6-9(14)10(15)8-11(16-6)17-7(12-8)3-5-1-2-5/h8-9,11-12,14-15H,4-7H2,1-3H3;5-6,8-11,13-15H,1-4H2/t8-,9-,12+,14+,15+;6-,8-,9-,10-,11-/m01/s1. The molecule has 10 atom stereocenters. The Bertz CT molecular complexity index is 896. The Morgan fingerprint density at radius 3 is 1.97 bits per heavy atom. The number of carbonyl (C=O) groups is 1. The maximum atomic E-state index is 11.0. The number of esters is 1. The van der Waals surface area contributed by atoms with Crippen LogP contribution in [-0.4, -0.2) is 92.0 Å². The van der Waals surface area contributed by atoms with Crippen molar-refractivity contribution in [3.8, 4) is 0 Å². The maximum absolute atomic E-state index is 11.0. The van der Waals surface area contributed by atoms with Crippen molar-refractivity contribution in [2.75, 3.05) is 13.2 Å². The van der Waals surface area contributed by atoms with Gasteiger partial charge in [-0.3, -0.25) is 14.8 Å². The second-order valence-corrected chi connectivity index (χ2v) is 13.7. The van der Waals surface area contributed by atoms with Gasteiger partial charge in [0.05, 0.1) is 28.8 Å². The molecule has 0 aromatic heterocycles. The molecule has 4 heterocycles. The zero-order valence-corrected chi connectivity index (χ0v) is 23.4. The van der Waals surface area contributed by atoms with Crippen LogP contribution < -0.4 is 0 Å². The highest BCUT2D eigenvalue weighted by atomic mass is 32.2. The number of aliphatic hydroxyl groups excluding tert-OH is 3. The molecule has 37 heavy (non-hydrogen) atoms. The molecule has 208 valence electrons. The summed E-state index contributed by atoms with van der Waals surface area (Å²) in [5, 5.41) is 31.1. The largest absolute Gasteiger partial charge is 0.463 e.